The van der Waals surface area contributed by atoms with Crippen molar-refractivity contribution in [1.82, 2.24) is 4.98 Å². The maximum atomic E-state index is 13.2. The normalized spacial score (nSPS) is 11.8. The molecule has 0 aliphatic rings. The SMILES string of the molecule is Fc1ccc(-c2cc(C(F)(F)F)c3ccccc3n2)cc1. The lowest BCUT2D eigenvalue weighted by atomic mass is 10.0. The Kier molecular flexibility index (Phi) is 3.12. The zero-order valence-electron chi connectivity index (χ0n) is 10.7. The Morgan fingerprint density at radius 2 is 1.52 bits per heavy atom. The van der Waals surface area contributed by atoms with Crippen molar-refractivity contribution in [1.29, 1.82) is 0 Å². The highest BCUT2D eigenvalue weighted by atomic mass is 19.4. The summed E-state index contributed by atoms with van der Waals surface area (Å²) in [5.74, 6) is -0.449. The van der Waals surface area contributed by atoms with Crippen LogP contribution in [0, 0.1) is 5.82 Å². The molecule has 21 heavy (non-hydrogen) atoms. The lowest BCUT2D eigenvalue weighted by molar-refractivity contribution is -0.136. The topological polar surface area (TPSA) is 12.9 Å². The summed E-state index contributed by atoms with van der Waals surface area (Å²) in [5.41, 5.74) is 0.118. The molecule has 0 saturated heterocycles. The second kappa shape index (κ2) is 4.84. The predicted molar refractivity (Wildman–Crippen MR) is 72.1 cm³/mol. The van der Waals surface area contributed by atoms with E-state index in [1.54, 1.807) is 6.07 Å². The number of nitrogens with zero attached hydrogens (tertiary/aromatic N) is 1. The molecule has 5 heteroatoms. The highest BCUT2D eigenvalue weighted by Gasteiger charge is 2.33. The molecule has 1 nitrogen and oxygen atoms in total. The van der Waals surface area contributed by atoms with E-state index in [1.807, 2.05) is 0 Å². The number of aromatic nitrogens is 1. The van der Waals surface area contributed by atoms with Crippen LogP contribution in [0.5, 0.6) is 0 Å². The molecule has 0 aliphatic carbocycles. The van der Waals surface area contributed by atoms with Crippen LogP contribution in [0.3, 0.4) is 0 Å². The number of fused-ring (bicyclic) bond motifs is 1. The van der Waals surface area contributed by atoms with Crippen molar-refractivity contribution < 1.29 is 17.6 Å². The second-order valence-corrected chi connectivity index (χ2v) is 4.58. The van der Waals surface area contributed by atoms with Gasteiger partial charge in [0.15, 0.2) is 0 Å². The van der Waals surface area contributed by atoms with Crippen molar-refractivity contribution in [3.05, 3.63) is 66.0 Å². The molecule has 0 bridgehead atoms. The monoisotopic (exact) mass is 291 g/mol. The quantitative estimate of drug-likeness (QED) is 0.571. The van der Waals surface area contributed by atoms with Crippen LogP contribution in [0.4, 0.5) is 17.6 Å². The van der Waals surface area contributed by atoms with Crippen LogP contribution in [-0.4, -0.2) is 4.98 Å². The zero-order valence-corrected chi connectivity index (χ0v) is 10.7. The molecule has 3 rings (SSSR count). The zero-order chi connectivity index (χ0) is 15.0. The standard InChI is InChI=1S/C16H9F4N/c17-11-7-5-10(6-8-11)15-9-13(16(18,19)20)12-3-1-2-4-14(12)21-15/h1-9H. The fourth-order valence-electron chi connectivity index (χ4n) is 2.18. The third-order valence-corrected chi connectivity index (χ3v) is 3.16. The fraction of sp³-hybridized carbons (Fsp3) is 0.0625. The lowest BCUT2D eigenvalue weighted by Gasteiger charge is -2.12. The molecule has 0 saturated carbocycles. The maximum absolute atomic E-state index is 13.2. The van der Waals surface area contributed by atoms with E-state index in [9.17, 15) is 17.6 Å². The van der Waals surface area contributed by atoms with E-state index >= 15 is 0 Å². The first-order chi connectivity index (χ1) is 9.95. The Morgan fingerprint density at radius 3 is 2.19 bits per heavy atom. The Morgan fingerprint density at radius 1 is 0.857 bits per heavy atom. The van der Waals surface area contributed by atoms with Crippen molar-refractivity contribution in [3.8, 4) is 11.3 Å². The molecule has 0 unspecified atom stereocenters. The number of rotatable bonds is 1. The minimum Gasteiger partial charge on any atom is -0.248 e. The van der Waals surface area contributed by atoms with Gasteiger partial charge in [0, 0.05) is 10.9 Å². The Bertz CT molecular complexity index is 791. The van der Waals surface area contributed by atoms with Crippen molar-refractivity contribution in [2.24, 2.45) is 0 Å². The van der Waals surface area contributed by atoms with E-state index in [1.165, 1.54) is 42.5 Å². The van der Waals surface area contributed by atoms with Crippen molar-refractivity contribution in [2.45, 2.75) is 6.18 Å². The first kappa shape index (κ1) is 13.5. The summed E-state index contributed by atoms with van der Waals surface area (Å²) in [6.07, 6.45) is -4.47. The van der Waals surface area contributed by atoms with Gasteiger partial charge in [0.25, 0.3) is 0 Å². The summed E-state index contributed by atoms with van der Waals surface area (Å²) in [6.45, 7) is 0. The molecule has 3 aromatic rings. The first-order valence-electron chi connectivity index (χ1n) is 6.18. The summed E-state index contributed by atoms with van der Waals surface area (Å²) in [6, 6.07) is 12.3. The first-order valence-corrected chi connectivity index (χ1v) is 6.18. The van der Waals surface area contributed by atoms with Crippen LogP contribution in [0.25, 0.3) is 22.2 Å². The van der Waals surface area contributed by atoms with Crippen LogP contribution in [0.15, 0.2) is 54.6 Å². The lowest BCUT2D eigenvalue weighted by Crippen LogP contribution is -2.07. The second-order valence-electron chi connectivity index (χ2n) is 4.58. The smallest absolute Gasteiger partial charge is 0.248 e. The number of benzene rings is 2. The Hall–Kier alpha value is -2.43. The largest absolute Gasteiger partial charge is 0.417 e. The van der Waals surface area contributed by atoms with Crippen LogP contribution in [0.2, 0.25) is 0 Å². The van der Waals surface area contributed by atoms with Gasteiger partial charge in [-0.05, 0) is 36.4 Å². The van der Waals surface area contributed by atoms with Gasteiger partial charge < -0.3 is 0 Å². The van der Waals surface area contributed by atoms with Crippen LogP contribution in [0.1, 0.15) is 5.56 Å². The molecule has 2 aromatic carbocycles. The van der Waals surface area contributed by atoms with E-state index < -0.39 is 17.6 Å². The molecule has 0 radical (unpaired) electrons. The Labute approximate surface area is 117 Å². The van der Waals surface area contributed by atoms with Crippen LogP contribution in [-0.2, 0) is 6.18 Å². The van der Waals surface area contributed by atoms with E-state index in [-0.39, 0.29) is 16.6 Å². The van der Waals surface area contributed by atoms with Crippen molar-refractivity contribution in [2.75, 3.05) is 0 Å². The van der Waals surface area contributed by atoms with Crippen molar-refractivity contribution in [3.63, 3.8) is 0 Å². The minimum atomic E-state index is -4.47. The molecule has 0 fully saturated rings. The number of hydrogen-bond donors (Lipinski definition) is 0. The molecule has 1 heterocycles. The molecule has 0 aliphatic heterocycles. The average Bonchev–Trinajstić information content (AvgIpc) is 2.46. The van der Waals surface area contributed by atoms with Crippen LogP contribution >= 0.6 is 0 Å². The average molecular weight is 291 g/mol. The minimum absolute atomic E-state index is 0.0517. The molecule has 0 amide bonds. The van der Waals surface area contributed by atoms with Gasteiger partial charge in [-0.25, -0.2) is 9.37 Å². The van der Waals surface area contributed by atoms with Gasteiger partial charge in [-0.1, -0.05) is 18.2 Å². The summed E-state index contributed by atoms with van der Waals surface area (Å²) in [4.78, 5) is 4.23. The van der Waals surface area contributed by atoms with E-state index in [0.717, 1.165) is 6.07 Å². The van der Waals surface area contributed by atoms with Crippen molar-refractivity contribution >= 4 is 10.9 Å². The molecule has 0 atom stereocenters. The molecule has 1 aromatic heterocycles. The number of para-hydroxylation sites is 1. The number of alkyl halides is 3. The van der Waals surface area contributed by atoms with Gasteiger partial charge in [0.2, 0.25) is 0 Å². The third kappa shape index (κ3) is 2.59. The molecular formula is C16H9F4N. The van der Waals surface area contributed by atoms with Gasteiger partial charge >= 0.3 is 6.18 Å². The third-order valence-electron chi connectivity index (χ3n) is 3.16. The molecule has 0 spiro atoms. The summed E-state index contributed by atoms with van der Waals surface area (Å²) in [5, 5.41) is 0.0517. The summed E-state index contributed by atoms with van der Waals surface area (Å²) in [7, 11) is 0. The van der Waals surface area contributed by atoms with Gasteiger partial charge in [0.05, 0.1) is 16.8 Å². The fourth-order valence-corrected chi connectivity index (χ4v) is 2.18. The van der Waals surface area contributed by atoms with Gasteiger partial charge in [-0.3, -0.25) is 0 Å². The molecular weight excluding hydrogens is 282 g/mol. The number of pyridine rings is 1. The van der Waals surface area contributed by atoms with E-state index in [2.05, 4.69) is 4.98 Å². The van der Waals surface area contributed by atoms with Gasteiger partial charge in [-0.2, -0.15) is 13.2 Å². The number of halogens is 4. The maximum Gasteiger partial charge on any atom is 0.417 e. The molecule has 0 N–H and O–H groups in total. The highest BCUT2D eigenvalue weighted by Crippen LogP contribution is 2.36. The van der Waals surface area contributed by atoms with E-state index in [4.69, 9.17) is 0 Å². The summed E-state index contributed by atoms with van der Waals surface area (Å²) < 4.78 is 52.5. The van der Waals surface area contributed by atoms with Gasteiger partial charge in [-0.15, -0.1) is 0 Å². The van der Waals surface area contributed by atoms with E-state index in [0.29, 0.717) is 5.56 Å². The summed E-state index contributed by atoms with van der Waals surface area (Å²) >= 11 is 0. The predicted octanol–water partition coefficient (Wildman–Crippen LogP) is 5.06. The Balaban J connectivity index is 2.28. The van der Waals surface area contributed by atoms with Crippen LogP contribution < -0.4 is 0 Å². The number of hydrogen-bond acceptors (Lipinski definition) is 1. The molecule has 106 valence electrons. The van der Waals surface area contributed by atoms with Gasteiger partial charge in [0.1, 0.15) is 5.82 Å². The highest BCUT2D eigenvalue weighted by molar-refractivity contribution is 5.85.